The standard InChI is InChI=1S/C17H24N4O/c1-12-6-4-5-7-14(12)13(2)10-16-19-17(20-22-16)15-11-18-8-9-21(15)3/h4-7,13,15,18H,8-11H2,1-3H3. The van der Waals surface area contributed by atoms with Gasteiger partial charge in [0.15, 0.2) is 5.82 Å². The highest BCUT2D eigenvalue weighted by atomic mass is 16.5. The Kier molecular flexibility index (Phi) is 4.55. The lowest BCUT2D eigenvalue weighted by atomic mass is 9.94. The van der Waals surface area contributed by atoms with E-state index in [0.717, 1.165) is 37.8 Å². The zero-order valence-corrected chi connectivity index (χ0v) is 13.5. The summed E-state index contributed by atoms with van der Waals surface area (Å²) in [6.07, 6.45) is 0.779. The van der Waals surface area contributed by atoms with Gasteiger partial charge in [0.05, 0.1) is 6.04 Å². The zero-order chi connectivity index (χ0) is 15.5. The van der Waals surface area contributed by atoms with E-state index in [1.165, 1.54) is 11.1 Å². The van der Waals surface area contributed by atoms with Crippen LogP contribution in [0.25, 0.3) is 0 Å². The van der Waals surface area contributed by atoms with E-state index < -0.39 is 0 Å². The normalized spacial score (nSPS) is 21.0. The fourth-order valence-corrected chi connectivity index (χ4v) is 3.09. The fraction of sp³-hybridized carbons (Fsp3) is 0.529. The van der Waals surface area contributed by atoms with Gasteiger partial charge in [-0.3, -0.25) is 4.90 Å². The quantitative estimate of drug-likeness (QED) is 0.939. The summed E-state index contributed by atoms with van der Waals surface area (Å²) in [5.41, 5.74) is 2.66. The van der Waals surface area contributed by atoms with Crippen molar-refractivity contribution in [2.75, 3.05) is 26.7 Å². The number of nitrogens with zero attached hydrogens (tertiary/aromatic N) is 3. The van der Waals surface area contributed by atoms with Gasteiger partial charge in [-0.25, -0.2) is 0 Å². The van der Waals surface area contributed by atoms with Gasteiger partial charge in [-0.1, -0.05) is 36.3 Å². The van der Waals surface area contributed by atoms with Crippen molar-refractivity contribution in [1.29, 1.82) is 0 Å². The molecule has 0 radical (unpaired) electrons. The monoisotopic (exact) mass is 300 g/mol. The molecule has 1 aromatic carbocycles. The molecule has 2 atom stereocenters. The van der Waals surface area contributed by atoms with Crippen molar-refractivity contribution in [3.8, 4) is 0 Å². The predicted octanol–water partition coefficient (Wildman–Crippen LogP) is 2.30. The minimum Gasteiger partial charge on any atom is -0.339 e. The first-order valence-electron chi connectivity index (χ1n) is 7.94. The molecular formula is C17H24N4O. The van der Waals surface area contributed by atoms with Gasteiger partial charge in [0, 0.05) is 26.1 Å². The molecular weight excluding hydrogens is 276 g/mol. The summed E-state index contributed by atoms with van der Waals surface area (Å²) in [6, 6.07) is 8.69. The number of benzene rings is 1. The highest BCUT2D eigenvalue weighted by molar-refractivity contribution is 5.29. The SMILES string of the molecule is Cc1ccccc1C(C)Cc1nc(C2CNCCN2C)no1. The lowest BCUT2D eigenvalue weighted by Crippen LogP contribution is -2.44. The molecule has 0 aliphatic carbocycles. The molecule has 0 spiro atoms. The maximum absolute atomic E-state index is 5.48. The van der Waals surface area contributed by atoms with Crippen LogP contribution in [0.3, 0.4) is 0 Å². The molecule has 5 heteroatoms. The summed E-state index contributed by atoms with van der Waals surface area (Å²) < 4.78 is 5.48. The van der Waals surface area contributed by atoms with E-state index in [1.54, 1.807) is 0 Å². The zero-order valence-electron chi connectivity index (χ0n) is 13.5. The average Bonchev–Trinajstić information content (AvgIpc) is 2.96. The largest absolute Gasteiger partial charge is 0.339 e. The van der Waals surface area contributed by atoms with Crippen molar-refractivity contribution in [1.82, 2.24) is 20.4 Å². The Morgan fingerprint density at radius 1 is 1.41 bits per heavy atom. The number of nitrogens with one attached hydrogen (secondary N) is 1. The Balaban J connectivity index is 1.70. The molecule has 1 fully saturated rings. The Bertz CT molecular complexity index is 625. The first-order valence-corrected chi connectivity index (χ1v) is 7.94. The summed E-state index contributed by atoms with van der Waals surface area (Å²) in [4.78, 5) is 6.89. The second kappa shape index (κ2) is 6.58. The van der Waals surface area contributed by atoms with Crippen LogP contribution in [-0.4, -0.2) is 41.7 Å². The molecule has 1 aliphatic heterocycles. The number of rotatable bonds is 4. The molecule has 3 rings (SSSR count). The summed E-state index contributed by atoms with van der Waals surface area (Å²) in [7, 11) is 2.11. The fourth-order valence-electron chi connectivity index (χ4n) is 3.09. The van der Waals surface area contributed by atoms with Gasteiger partial charge in [-0.2, -0.15) is 4.98 Å². The third-order valence-corrected chi connectivity index (χ3v) is 4.49. The van der Waals surface area contributed by atoms with Gasteiger partial charge >= 0.3 is 0 Å². The van der Waals surface area contributed by atoms with Gasteiger partial charge in [0.1, 0.15) is 0 Å². The van der Waals surface area contributed by atoms with Crippen LogP contribution in [0.15, 0.2) is 28.8 Å². The van der Waals surface area contributed by atoms with E-state index in [9.17, 15) is 0 Å². The van der Waals surface area contributed by atoms with Gasteiger partial charge in [-0.05, 0) is 31.0 Å². The van der Waals surface area contributed by atoms with Crippen molar-refractivity contribution in [3.05, 3.63) is 47.1 Å². The highest BCUT2D eigenvalue weighted by Crippen LogP contribution is 2.24. The number of aromatic nitrogens is 2. The molecule has 2 unspecified atom stereocenters. The topological polar surface area (TPSA) is 54.2 Å². The molecule has 1 aromatic heterocycles. The van der Waals surface area contributed by atoms with Crippen molar-refractivity contribution in [2.45, 2.75) is 32.2 Å². The van der Waals surface area contributed by atoms with Crippen LogP contribution in [0.4, 0.5) is 0 Å². The van der Waals surface area contributed by atoms with Crippen LogP contribution in [0.2, 0.25) is 0 Å². The molecule has 118 valence electrons. The van der Waals surface area contributed by atoms with Gasteiger partial charge in [0.25, 0.3) is 0 Å². The van der Waals surface area contributed by atoms with Crippen LogP contribution >= 0.6 is 0 Å². The molecule has 22 heavy (non-hydrogen) atoms. The first-order chi connectivity index (χ1) is 10.6. The molecule has 2 heterocycles. The van der Waals surface area contributed by atoms with Crippen LogP contribution in [-0.2, 0) is 6.42 Å². The summed E-state index contributed by atoms with van der Waals surface area (Å²) >= 11 is 0. The second-order valence-corrected chi connectivity index (χ2v) is 6.21. The molecule has 1 aliphatic rings. The van der Waals surface area contributed by atoms with Gasteiger partial charge < -0.3 is 9.84 Å². The third-order valence-electron chi connectivity index (χ3n) is 4.49. The average molecular weight is 300 g/mol. The van der Waals surface area contributed by atoms with E-state index in [4.69, 9.17) is 4.52 Å². The number of likely N-dealkylation sites (N-methyl/N-ethyl adjacent to an activating group) is 1. The molecule has 1 N–H and O–H groups in total. The predicted molar refractivity (Wildman–Crippen MR) is 85.8 cm³/mol. The van der Waals surface area contributed by atoms with E-state index in [-0.39, 0.29) is 6.04 Å². The van der Waals surface area contributed by atoms with Crippen molar-refractivity contribution in [3.63, 3.8) is 0 Å². The summed E-state index contributed by atoms with van der Waals surface area (Å²) in [5, 5.41) is 7.58. The van der Waals surface area contributed by atoms with Gasteiger partial charge in [-0.15, -0.1) is 0 Å². The van der Waals surface area contributed by atoms with Crippen molar-refractivity contribution < 1.29 is 4.52 Å². The Morgan fingerprint density at radius 2 is 2.23 bits per heavy atom. The first kappa shape index (κ1) is 15.2. The highest BCUT2D eigenvalue weighted by Gasteiger charge is 2.25. The second-order valence-electron chi connectivity index (χ2n) is 6.21. The number of aryl methyl sites for hydroxylation is 1. The lowest BCUT2D eigenvalue weighted by molar-refractivity contribution is 0.190. The van der Waals surface area contributed by atoms with Crippen molar-refractivity contribution >= 4 is 0 Å². The molecule has 0 saturated carbocycles. The van der Waals surface area contributed by atoms with Crippen molar-refractivity contribution in [2.24, 2.45) is 0 Å². The summed E-state index contributed by atoms with van der Waals surface area (Å²) in [6.45, 7) is 7.26. The van der Waals surface area contributed by atoms with E-state index in [2.05, 4.69) is 65.5 Å². The van der Waals surface area contributed by atoms with Crippen LogP contribution in [0, 0.1) is 6.92 Å². The molecule has 1 saturated heterocycles. The van der Waals surface area contributed by atoms with Gasteiger partial charge in [0.2, 0.25) is 5.89 Å². The number of hydrogen-bond donors (Lipinski definition) is 1. The molecule has 2 aromatic rings. The Morgan fingerprint density at radius 3 is 3.00 bits per heavy atom. The molecule has 5 nitrogen and oxygen atoms in total. The van der Waals surface area contributed by atoms with Crippen LogP contribution < -0.4 is 5.32 Å². The minimum atomic E-state index is 0.208. The third kappa shape index (κ3) is 3.20. The Labute approximate surface area is 131 Å². The van der Waals surface area contributed by atoms with E-state index in [1.807, 2.05) is 0 Å². The maximum Gasteiger partial charge on any atom is 0.227 e. The lowest BCUT2D eigenvalue weighted by Gasteiger charge is -2.30. The van der Waals surface area contributed by atoms with Crippen LogP contribution in [0.1, 0.15) is 41.7 Å². The van der Waals surface area contributed by atoms with E-state index >= 15 is 0 Å². The maximum atomic E-state index is 5.48. The molecule has 0 amide bonds. The summed E-state index contributed by atoms with van der Waals surface area (Å²) in [5.74, 6) is 1.89. The van der Waals surface area contributed by atoms with Crippen LogP contribution in [0.5, 0.6) is 0 Å². The number of hydrogen-bond acceptors (Lipinski definition) is 5. The Hall–Kier alpha value is -1.72. The molecule has 0 bridgehead atoms. The minimum absolute atomic E-state index is 0.208. The van der Waals surface area contributed by atoms with E-state index in [0.29, 0.717) is 5.92 Å². The smallest absolute Gasteiger partial charge is 0.227 e. The number of piperazine rings is 1.